The summed E-state index contributed by atoms with van der Waals surface area (Å²) in [4.78, 5) is 10.6. The summed E-state index contributed by atoms with van der Waals surface area (Å²) < 4.78 is 10.9. The minimum Gasteiger partial charge on any atom is -0.493 e. The van der Waals surface area contributed by atoms with Gasteiger partial charge in [-0.3, -0.25) is 0 Å². The van der Waals surface area contributed by atoms with Crippen LogP contribution in [0.1, 0.15) is 5.56 Å². The highest BCUT2D eigenvalue weighted by Gasteiger charge is 2.14. The molecule has 0 spiro atoms. The van der Waals surface area contributed by atoms with Gasteiger partial charge in [-0.2, -0.15) is 0 Å². The summed E-state index contributed by atoms with van der Waals surface area (Å²) in [6, 6.07) is 26.2. The smallest absolute Gasteiger partial charge is 0.210 e. The predicted molar refractivity (Wildman–Crippen MR) is 120 cm³/mol. The van der Waals surface area contributed by atoms with Crippen molar-refractivity contribution in [1.29, 1.82) is 0 Å². The average Bonchev–Trinajstić information content (AvgIpc) is 3.23. The summed E-state index contributed by atoms with van der Waals surface area (Å²) in [7, 11) is 3.25. The zero-order valence-electron chi connectivity index (χ0n) is 16.2. The second kappa shape index (κ2) is 8.71. The number of thiazole rings is 1. The van der Waals surface area contributed by atoms with E-state index in [0.717, 1.165) is 27.3 Å². The third kappa shape index (κ3) is 4.05. The molecule has 0 saturated carbocycles. The van der Waals surface area contributed by atoms with E-state index in [-0.39, 0.29) is 0 Å². The lowest BCUT2D eigenvalue weighted by Crippen LogP contribution is -1.94. The van der Waals surface area contributed by atoms with Crippen LogP contribution >= 0.6 is 11.3 Å². The third-order valence-corrected chi connectivity index (χ3v) is 5.46. The molecule has 0 radical (unpaired) electrons. The number of ether oxygens (including phenoxy) is 2. The van der Waals surface area contributed by atoms with Crippen molar-refractivity contribution in [3.8, 4) is 33.2 Å². The first-order chi connectivity index (χ1) is 14.3. The zero-order valence-corrected chi connectivity index (χ0v) is 17.0. The van der Waals surface area contributed by atoms with Crippen molar-refractivity contribution in [3.63, 3.8) is 0 Å². The highest BCUT2D eigenvalue weighted by atomic mass is 32.1. The predicted octanol–water partition coefficient (Wildman–Crippen LogP) is 6.24. The molecule has 0 saturated heterocycles. The van der Waals surface area contributed by atoms with Crippen LogP contribution in [-0.2, 0) is 0 Å². The maximum Gasteiger partial charge on any atom is 0.210 e. The molecule has 3 aromatic carbocycles. The van der Waals surface area contributed by atoms with Crippen LogP contribution in [0, 0.1) is 0 Å². The van der Waals surface area contributed by atoms with E-state index in [0.29, 0.717) is 16.6 Å². The van der Waals surface area contributed by atoms with Crippen molar-refractivity contribution in [1.82, 2.24) is 4.98 Å². The highest BCUT2D eigenvalue weighted by molar-refractivity contribution is 7.19. The maximum atomic E-state index is 5.49. The molecule has 0 amide bonds. The standard InChI is InChI=1S/C24H20N2O2S/c1-27-20-15-9-14-19(22(20)28-2)16-25-24-26-21(17-10-5-3-6-11-17)23(29-24)18-12-7-4-8-13-18/h3-16H,1-2H3. The minimum atomic E-state index is 0.655. The molecule has 0 aliphatic heterocycles. The van der Waals surface area contributed by atoms with Crippen LogP contribution in [0.2, 0.25) is 0 Å². The molecule has 0 fully saturated rings. The minimum absolute atomic E-state index is 0.655. The van der Waals surface area contributed by atoms with Crippen molar-refractivity contribution in [2.24, 2.45) is 4.99 Å². The number of aliphatic imine (C=N–C) groups is 1. The second-order valence-corrected chi connectivity index (χ2v) is 7.22. The fraction of sp³-hybridized carbons (Fsp3) is 0.0833. The summed E-state index contributed by atoms with van der Waals surface area (Å²) in [5.74, 6) is 1.33. The van der Waals surface area contributed by atoms with Crippen LogP contribution in [0.3, 0.4) is 0 Å². The topological polar surface area (TPSA) is 43.7 Å². The van der Waals surface area contributed by atoms with Gasteiger partial charge in [-0.25, -0.2) is 9.98 Å². The molecule has 1 heterocycles. The normalized spacial score (nSPS) is 11.0. The van der Waals surface area contributed by atoms with Crippen LogP contribution in [0.4, 0.5) is 5.13 Å². The van der Waals surface area contributed by atoms with Gasteiger partial charge in [0.2, 0.25) is 5.13 Å². The number of benzene rings is 3. The number of para-hydroxylation sites is 1. The Morgan fingerprint density at radius 2 is 1.48 bits per heavy atom. The summed E-state index contributed by atoms with van der Waals surface area (Å²) in [5, 5.41) is 0.688. The van der Waals surface area contributed by atoms with Gasteiger partial charge in [-0.05, 0) is 17.7 Å². The quantitative estimate of drug-likeness (QED) is 0.360. The Morgan fingerprint density at radius 1 is 0.793 bits per heavy atom. The van der Waals surface area contributed by atoms with E-state index in [4.69, 9.17) is 14.5 Å². The number of nitrogens with zero attached hydrogens (tertiary/aromatic N) is 2. The number of hydrogen-bond acceptors (Lipinski definition) is 5. The molecule has 4 nitrogen and oxygen atoms in total. The summed E-state index contributed by atoms with van der Waals surface area (Å²) in [6.07, 6.45) is 1.77. The first-order valence-corrected chi connectivity index (χ1v) is 9.98. The number of methoxy groups -OCH3 is 2. The van der Waals surface area contributed by atoms with E-state index >= 15 is 0 Å². The molecule has 4 rings (SSSR count). The van der Waals surface area contributed by atoms with Crippen molar-refractivity contribution >= 4 is 22.7 Å². The highest BCUT2D eigenvalue weighted by Crippen LogP contribution is 2.40. The molecular formula is C24H20N2O2S. The molecule has 4 aromatic rings. The van der Waals surface area contributed by atoms with Crippen LogP contribution < -0.4 is 9.47 Å². The Bertz CT molecular complexity index is 1070. The average molecular weight is 401 g/mol. The summed E-state index contributed by atoms with van der Waals surface area (Å²) in [6.45, 7) is 0. The molecule has 0 unspecified atom stereocenters. The van der Waals surface area contributed by atoms with Gasteiger partial charge in [0.05, 0.1) is 24.8 Å². The van der Waals surface area contributed by atoms with E-state index in [1.165, 1.54) is 0 Å². The molecular weight excluding hydrogens is 380 g/mol. The lowest BCUT2D eigenvalue weighted by molar-refractivity contribution is 0.354. The molecule has 29 heavy (non-hydrogen) atoms. The number of rotatable bonds is 6. The Morgan fingerprint density at radius 3 is 2.14 bits per heavy atom. The lowest BCUT2D eigenvalue weighted by atomic mass is 10.1. The Balaban J connectivity index is 1.76. The molecule has 144 valence electrons. The molecule has 0 bridgehead atoms. The van der Waals surface area contributed by atoms with Crippen molar-refractivity contribution in [3.05, 3.63) is 84.4 Å². The molecule has 0 atom stereocenters. The molecule has 0 aliphatic rings. The van der Waals surface area contributed by atoms with Gasteiger partial charge in [0.1, 0.15) is 0 Å². The van der Waals surface area contributed by atoms with Crippen LogP contribution in [-0.4, -0.2) is 25.4 Å². The van der Waals surface area contributed by atoms with E-state index in [9.17, 15) is 0 Å². The van der Waals surface area contributed by atoms with Gasteiger partial charge in [0.25, 0.3) is 0 Å². The first-order valence-electron chi connectivity index (χ1n) is 9.17. The summed E-state index contributed by atoms with van der Waals surface area (Å²) >= 11 is 1.57. The third-order valence-electron chi connectivity index (χ3n) is 4.45. The van der Waals surface area contributed by atoms with Crippen molar-refractivity contribution in [2.75, 3.05) is 14.2 Å². The fourth-order valence-corrected chi connectivity index (χ4v) is 4.02. The van der Waals surface area contributed by atoms with Gasteiger partial charge < -0.3 is 9.47 Å². The largest absolute Gasteiger partial charge is 0.493 e. The van der Waals surface area contributed by atoms with E-state index in [1.807, 2.05) is 54.6 Å². The number of hydrogen-bond donors (Lipinski definition) is 0. The van der Waals surface area contributed by atoms with Crippen molar-refractivity contribution in [2.45, 2.75) is 0 Å². The van der Waals surface area contributed by atoms with Gasteiger partial charge in [-0.1, -0.05) is 78.1 Å². The molecule has 0 aliphatic carbocycles. The Labute approximate surface area is 174 Å². The Kier molecular flexibility index (Phi) is 5.68. The van der Waals surface area contributed by atoms with E-state index in [2.05, 4.69) is 29.3 Å². The Hall–Kier alpha value is -3.44. The van der Waals surface area contributed by atoms with Gasteiger partial charge >= 0.3 is 0 Å². The molecule has 5 heteroatoms. The van der Waals surface area contributed by atoms with Crippen LogP contribution in [0.5, 0.6) is 11.5 Å². The lowest BCUT2D eigenvalue weighted by Gasteiger charge is -2.09. The van der Waals surface area contributed by atoms with Crippen molar-refractivity contribution < 1.29 is 9.47 Å². The molecule has 0 N–H and O–H groups in total. The van der Waals surface area contributed by atoms with Gasteiger partial charge in [-0.15, -0.1) is 0 Å². The van der Waals surface area contributed by atoms with E-state index in [1.54, 1.807) is 31.8 Å². The first kappa shape index (κ1) is 18.9. The molecule has 1 aromatic heterocycles. The fourth-order valence-electron chi connectivity index (χ4n) is 3.08. The van der Waals surface area contributed by atoms with Crippen LogP contribution in [0.25, 0.3) is 21.7 Å². The van der Waals surface area contributed by atoms with Gasteiger partial charge in [0.15, 0.2) is 11.5 Å². The number of aromatic nitrogens is 1. The van der Waals surface area contributed by atoms with Crippen LogP contribution in [0.15, 0.2) is 83.9 Å². The van der Waals surface area contributed by atoms with E-state index < -0.39 is 0 Å². The SMILES string of the molecule is COc1cccc(C=Nc2nc(-c3ccccc3)c(-c3ccccc3)s2)c1OC. The maximum absolute atomic E-state index is 5.49. The zero-order chi connectivity index (χ0) is 20.1. The monoisotopic (exact) mass is 400 g/mol. The second-order valence-electron chi connectivity index (χ2n) is 6.25. The van der Waals surface area contributed by atoms with Gasteiger partial charge in [0, 0.05) is 17.3 Å². The summed E-state index contributed by atoms with van der Waals surface area (Å²) in [5.41, 5.74) is 3.98.